The van der Waals surface area contributed by atoms with Crippen molar-refractivity contribution in [3.63, 3.8) is 0 Å². The lowest BCUT2D eigenvalue weighted by Gasteiger charge is -2.27. The van der Waals surface area contributed by atoms with Crippen LogP contribution in [0.3, 0.4) is 0 Å². The molecule has 0 saturated carbocycles. The molecule has 0 saturated heterocycles. The van der Waals surface area contributed by atoms with Gasteiger partial charge in [-0.1, -0.05) is 46.3 Å². The van der Waals surface area contributed by atoms with Gasteiger partial charge in [-0.15, -0.1) is 0 Å². The van der Waals surface area contributed by atoms with Gasteiger partial charge in [0.05, 0.1) is 6.04 Å². The summed E-state index contributed by atoms with van der Waals surface area (Å²) in [5, 5.41) is 2.96. The molecular weight excluding hydrogens is 346 g/mol. The molecule has 2 atom stereocenters. The van der Waals surface area contributed by atoms with Crippen molar-refractivity contribution < 1.29 is 14.3 Å². The Hall–Kier alpha value is -2.01. The van der Waals surface area contributed by atoms with Crippen LogP contribution >= 0.6 is 15.9 Å². The number of hydrogen-bond acceptors (Lipinski definition) is 3. The Bertz CT molecular complexity index is 689. The van der Waals surface area contributed by atoms with Crippen molar-refractivity contribution in [3.8, 4) is 11.5 Å². The highest BCUT2D eigenvalue weighted by atomic mass is 79.9. The Morgan fingerprint density at radius 3 is 2.64 bits per heavy atom. The van der Waals surface area contributed by atoms with Crippen molar-refractivity contribution in [3.05, 3.63) is 58.6 Å². The Balaban J connectivity index is 1.67. The molecule has 0 bridgehead atoms. The fourth-order valence-electron chi connectivity index (χ4n) is 2.36. The van der Waals surface area contributed by atoms with Gasteiger partial charge in [-0.05, 0) is 30.7 Å². The zero-order valence-corrected chi connectivity index (χ0v) is 13.7. The summed E-state index contributed by atoms with van der Waals surface area (Å²) in [6.07, 6.45) is -0.639. The summed E-state index contributed by atoms with van der Waals surface area (Å²) in [5.74, 6) is 1.09. The molecule has 1 aliphatic rings. The van der Waals surface area contributed by atoms with Crippen molar-refractivity contribution >= 4 is 21.8 Å². The first-order chi connectivity index (χ1) is 10.6. The van der Waals surface area contributed by atoms with Crippen LogP contribution in [-0.4, -0.2) is 18.6 Å². The Morgan fingerprint density at radius 1 is 1.18 bits per heavy atom. The number of halogens is 1. The highest BCUT2D eigenvalue weighted by Crippen LogP contribution is 2.31. The molecule has 1 heterocycles. The van der Waals surface area contributed by atoms with E-state index in [1.807, 2.05) is 49.4 Å². The second-order valence-electron chi connectivity index (χ2n) is 5.12. The Morgan fingerprint density at radius 2 is 1.86 bits per heavy atom. The number of carbonyl (C=O) groups is 1. The molecule has 2 aromatic carbocycles. The van der Waals surface area contributed by atoms with Crippen molar-refractivity contribution in [2.45, 2.75) is 19.1 Å². The predicted octanol–water partition coefficient (Wildman–Crippen LogP) is 3.47. The Labute approximate surface area is 137 Å². The molecule has 5 heteroatoms. The minimum Gasteiger partial charge on any atom is -0.485 e. The molecule has 1 aliphatic heterocycles. The van der Waals surface area contributed by atoms with Crippen LogP contribution in [0.25, 0.3) is 0 Å². The van der Waals surface area contributed by atoms with Crippen LogP contribution < -0.4 is 14.8 Å². The zero-order valence-electron chi connectivity index (χ0n) is 12.1. The standard InChI is InChI=1S/C17H16BrNO3/c1-11(12-6-2-3-7-13(12)18)19-17(20)16-10-21-14-8-4-5-9-15(14)22-16/h2-9,11,16H,10H2,1H3,(H,19,20)/t11-,16+/m0/s1. The maximum atomic E-state index is 12.4. The van der Waals surface area contributed by atoms with E-state index in [0.29, 0.717) is 11.5 Å². The second-order valence-corrected chi connectivity index (χ2v) is 5.97. The zero-order chi connectivity index (χ0) is 15.5. The summed E-state index contributed by atoms with van der Waals surface area (Å²) >= 11 is 3.50. The van der Waals surface area contributed by atoms with Crippen molar-refractivity contribution in [2.75, 3.05) is 6.61 Å². The third-order valence-corrected chi connectivity index (χ3v) is 4.25. The topological polar surface area (TPSA) is 47.6 Å². The van der Waals surface area contributed by atoms with Crippen molar-refractivity contribution in [2.24, 2.45) is 0 Å². The van der Waals surface area contributed by atoms with E-state index in [0.717, 1.165) is 10.0 Å². The lowest BCUT2D eigenvalue weighted by atomic mass is 10.1. The molecule has 0 spiro atoms. The van der Waals surface area contributed by atoms with Crippen LogP contribution in [0.4, 0.5) is 0 Å². The second kappa shape index (κ2) is 6.40. The minimum absolute atomic E-state index is 0.121. The summed E-state index contributed by atoms with van der Waals surface area (Å²) in [6, 6.07) is 15.0. The minimum atomic E-state index is -0.639. The maximum absolute atomic E-state index is 12.4. The van der Waals surface area contributed by atoms with E-state index in [4.69, 9.17) is 9.47 Å². The lowest BCUT2D eigenvalue weighted by molar-refractivity contribution is -0.131. The molecule has 1 amide bonds. The Kier molecular flexibility index (Phi) is 4.34. The number of benzene rings is 2. The fraction of sp³-hybridized carbons (Fsp3) is 0.235. The van der Waals surface area contributed by atoms with E-state index < -0.39 is 6.10 Å². The van der Waals surface area contributed by atoms with Gasteiger partial charge in [0.15, 0.2) is 11.5 Å². The first kappa shape index (κ1) is 14.9. The molecular formula is C17H16BrNO3. The normalized spacial score (nSPS) is 17.6. The summed E-state index contributed by atoms with van der Waals surface area (Å²) in [7, 11) is 0. The number of amides is 1. The van der Waals surface area contributed by atoms with E-state index >= 15 is 0 Å². The largest absolute Gasteiger partial charge is 0.485 e. The number of para-hydroxylation sites is 2. The van der Waals surface area contributed by atoms with Gasteiger partial charge < -0.3 is 14.8 Å². The first-order valence-electron chi connectivity index (χ1n) is 7.08. The van der Waals surface area contributed by atoms with Gasteiger partial charge in [0.25, 0.3) is 5.91 Å². The van der Waals surface area contributed by atoms with Gasteiger partial charge in [0.1, 0.15) is 6.61 Å². The van der Waals surface area contributed by atoms with Crippen LogP contribution in [0.2, 0.25) is 0 Å². The summed E-state index contributed by atoms with van der Waals surface area (Å²) in [4.78, 5) is 12.4. The highest BCUT2D eigenvalue weighted by Gasteiger charge is 2.28. The number of ether oxygens (including phenoxy) is 2. The van der Waals surface area contributed by atoms with E-state index in [2.05, 4.69) is 21.2 Å². The van der Waals surface area contributed by atoms with E-state index in [9.17, 15) is 4.79 Å². The van der Waals surface area contributed by atoms with Gasteiger partial charge in [-0.3, -0.25) is 4.79 Å². The SMILES string of the molecule is C[C@H](NC(=O)[C@H]1COc2ccccc2O1)c1ccccc1Br. The quantitative estimate of drug-likeness (QED) is 0.910. The number of carbonyl (C=O) groups excluding carboxylic acids is 1. The van der Waals surface area contributed by atoms with E-state index in [1.165, 1.54) is 0 Å². The molecule has 4 nitrogen and oxygen atoms in total. The fourth-order valence-corrected chi connectivity index (χ4v) is 2.99. The average Bonchev–Trinajstić information content (AvgIpc) is 2.54. The van der Waals surface area contributed by atoms with Crippen molar-refractivity contribution in [1.82, 2.24) is 5.32 Å². The lowest BCUT2D eigenvalue weighted by Crippen LogP contribution is -2.44. The van der Waals surface area contributed by atoms with Crippen LogP contribution in [-0.2, 0) is 4.79 Å². The summed E-state index contributed by atoms with van der Waals surface area (Å²) < 4.78 is 12.3. The first-order valence-corrected chi connectivity index (χ1v) is 7.88. The number of fused-ring (bicyclic) bond motifs is 1. The number of rotatable bonds is 3. The maximum Gasteiger partial charge on any atom is 0.265 e. The number of nitrogens with one attached hydrogen (secondary N) is 1. The smallest absolute Gasteiger partial charge is 0.265 e. The van der Waals surface area contributed by atoms with Crippen LogP contribution in [0.5, 0.6) is 11.5 Å². The third kappa shape index (κ3) is 3.09. The number of hydrogen-bond donors (Lipinski definition) is 1. The molecule has 0 aliphatic carbocycles. The molecule has 0 aromatic heterocycles. The molecule has 2 aromatic rings. The molecule has 1 N–H and O–H groups in total. The molecule has 0 fully saturated rings. The summed E-state index contributed by atoms with van der Waals surface area (Å²) in [5.41, 5.74) is 1.02. The van der Waals surface area contributed by atoms with Gasteiger partial charge in [0.2, 0.25) is 6.10 Å². The van der Waals surface area contributed by atoms with Gasteiger partial charge >= 0.3 is 0 Å². The van der Waals surface area contributed by atoms with Crippen molar-refractivity contribution in [1.29, 1.82) is 0 Å². The van der Waals surface area contributed by atoms with Gasteiger partial charge in [-0.25, -0.2) is 0 Å². The van der Waals surface area contributed by atoms with E-state index in [1.54, 1.807) is 6.07 Å². The predicted molar refractivity (Wildman–Crippen MR) is 87.1 cm³/mol. The van der Waals surface area contributed by atoms with Gasteiger partial charge in [-0.2, -0.15) is 0 Å². The highest BCUT2D eigenvalue weighted by molar-refractivity contribution is 9.10. The molecule has 114 valence electrons. The van der Waals surface area contributed by atoms with Crippen LogP contribution in [0, 0.1) is 0 Å². The van der Waals surface area contributed by atoms with Crippen LogP contribution in [0.1, 0.15) is 18.5 Å². The van der Waals surface area contributed by atoms with Gasteiger partial charge in [0, 0.05) is 4.47 Å². The average molecular weight is 362 g/mol. The third-order valence-electron chi connectivity index (χ3n) is 3.53. The molecule has 3 rings (SSSR count). The van der Waals surface area contributed by atoms with Crippen LogP contribution in [0.15, 0.2) is 53.0 Å². The molecule has 0 radical (unpaired) electrons. The molecule has 0 unspecified atom stereocenters. The summed E-state index contributed by atoms with van der Waals surface area (Å²) in [6.45, 7) is 2.15. The van der Waals surface area contributed by atoms with E-state index in [-0.39, 0.29) is 18.6 Å². The monoisotopic (exact) mass is 361 g/mol. The molecule has 22 heavy (non-hydrogen) atoms.